The van der Waals surface area contributed by atoms with Crippen molar-refractivity contribution in [1.29, 1.82) is 0 Å². The average molecular weight is 438 g/mol. The fourth-order valence-corrected chi connectivity index (χ4v) is 2.72. The molecule has 1 aliphatic rings. The van der Waals surface area contributed by atoms with Gasteiger partial charge in [0.2, 0.25) is 0 Å². The minimum atomic E-state index is 0. The van der Waals surface area contributed by atoms with Crippen LogP contribution in [0.4, 0.5) is 0 Å². The normalized spacial score (nSPS) is 16.0. The number of nitrogens with one attached hydrogen (secondary N) is 1. The zero-order valence-electron chi connectivity index (χ0n) is 13.0. The van der Waals surface area contributed by atoms with Gasteiger partial charge < -0.3 is 15.8 Å². The minimum absolute atomic E-state index is 0. The lowest BCUT2D eigenvalue weighted by Crippen LogP contribution is -2.33. The molecule has 1 aromatic rings. The second-order valence-electron chi connectivity index (χ2n) is 5.44. The van der Waals surface area contributed by atoms with Crippen LogP contribution in [0.15, 0.2) is 29.3 Å². The number of rotatable bonds is 8. The highest BCUT2D eigenvalue weighted by atomic mass is 127. The Morgan fingerprint density at radius 2 is 2.14 bits per heavy atom. The third-order valence-corrected chi connectivity index (χ3v) is 4.16. The van der Waals surface area contributed by atoms with Gasteiger partial charge in [-0.05, 0) is 37.8 Å². The van der Waals surface area contributed by atoms with E-state index in [4.69, 9.17) is 22.1 Å². The molecule has 0 unspecified atom stereocenters. The van der Waals surface area contributed by atoms with E-state index in [1.807, 2.05) is 25.1 Å². The van der Waals surface area contributed by atoms with Gasteiger partial charge in [0.25, 0.3) is 0 Å². The quantitative estimate of drug-likeness (QED) is 0.284. The molecule has 0 spiro atoms. The first kappa shape index (κ1) is 19.5. The van der Waals surface area contributed by atoms with Crippen molar-refractivity contribution in [1.82, 2.24) is 5.32 Å². The molecule has 0 saturated heterocycles. The first-order valence-corrected chi connectivity index (χ1v) is 7.92. The Morgan fingerprint density at radius 3 is 2.77 bits per heavy atom. The van der Waals surface area contributed by atoms with Gasteiger partial charge in [-0.2, -0.15) is 0 Å². The number of aliphatic imine (C=N–C) groups is 1. The van der Waals surface area contributed by atoms with E-state index in [1.54, 1.807) is 0 Å². The molecule has 1 aromatic carbocycles. The third-order valence-electron chi connectivity index (χ3n) is 3.83. The van der Waals surface area contributed by atoms with Gasteiger partial charge in [0.05, 0.1) is 6.54 Å². The first-order valence-electron chi connectivity index (χ1n) is 7.54. The lowest BCUT2D eigenvalue weighted by atomic mass is 9.96. The molecule has 1 saturated carbocycles. The summed E-state index contributed by atoms with van der Waals surface area (Å²) in [6.07, 6.45) is 3.18. The highest BCUT2D eigenvalue weighted by molar-refractivity contribution is 14.0. The van der Waals surface area contributed by atoms with E-state index in [0.29, 0.717) is 12.5 Å². The molecule has 0 aromatic heterocycles. The van der Waals surface area contributed by atoms with E-state index in [-0.39, 0.29) is 29.4 Å². The van der Waals surface area contributed by atoms with E-state index in [1.165, 1.54) is 5.56 Å². The maximum Gasteiger partial charge on any atom is 0.188 e. The van der Waals surface area contributed by atoms with Crippen LogP contribution in [-0.4, -0.2) is 32.3 Å². The second-order valence-corrected chi connectivity index (χ2v) is 5.85. The Labute approximate surface area is 154 Å². The molecule has 1 aliphatic carbocycles. The number of nitrogens with zero attached hydrogens (tertiary/aromatic N) is 1. The molecule has 22 heavy (non-hydrogen) atoms. The molecule has 0 radical (unpaired) electrons. The van der Waals surface area contributed by atoms with Gasteiger partial charge in [-0.1, -0.05) is 29.8 Å². The summed E-state index contributed by atoms with van der Waals surface area (Å²) in [5.41, 5.74) is 7.19. The molecule has 1 fully saturated rings. The predicted octanol–water partition coefficient (Wildman–Crippen LogP) is 3.32. The summed E-state index contributed by atoms with van der Waals surface area (Å²) in [6.45, 7) is 4.98. The lowest BCUT2D eigenvalue weighted by Gasteiger charge is -2.15. The smallest absolute Gasteiger partial charge is 0.188 e. The Kier molecular flexibility index (Phi) is 8.49. The molecular weight excluding hydrogens is 413 g/mol. The zero-order chi connectivity index (χ0) is 15.1. The van der Waals surface area contributed by atoms with Gasteiger partial charge in [-0.25, -0.2) is 0 Å². The van der Waals surface area contributed by atoms with E-state index in [2.05, 4.69) is 16.4 Å². The van der Waals surface area contributed by atoms with Crippen LogP contribution in [0.3, 0.4) is 0 Å². The van der Waals surface area contributed by atoms with E-state index in [0.717, 1.165) is 44.0 Å². The second kappa shape index (κ2) is 9.57. The summed E-state index contributed by atoms with van der Waals surface area (Å²) in [5.74, 6) is 0.504. The van der Waals surface area contributed by atoms with Crippen LogP contribution in [0.2, 0.25) is 5.02 Å². The SMILES string of the molecule is CCOCCCNC(N)=NCC1(c2ccccc2Cl)CC1.I. The predicted molar refractivity (Wildman–Crippen MR) is 103 cm³/mol. The Hall–Kier alpha value is -0.530. The van der Waals surface area contributed by atoms with E-state index in [9.17, 15) is 0 Å². The largest absolute Gasteiger partial charge is 0.382 e. The van der Waals surface area contributed by atoms with Gasteiger partial charge in [0.1, 0.15) is 0 Å². The van der Waals surface area contributed by atoms with Crippen LogP contribution >= 0.6 is 35.6 Å². The Morgan fingerprint density at radius 1 is 1.41 bits per heavy atom. The summed E-state index contributed by atoms with van der Waals surface area (Å²) in [7, 11) is 0. The number of hydrogen-bond acceptors (Lipinski definition) is 2. The fourth-order valence-electron chi connectivity index (χ4n) is 2.38. The molecule has 0 atom stereocenters. The van der Waals surface area contributed by atoms with Crippen molar-refractivity contribution in [3.8, 4) is 0 Å². The van der Waals surface area contributed by atoms with Crippen molar-refractivity contribution < 1.29 is 4.74 Å². The first-order chi connectivity index (χ1) is 10.2. The monoisotopic (exact) mass is 437 g/mol. The molecule has 0 aliphatic heterocycles. The summed E-state index contributed by atoms with van der Waals surface area (Å²) in [6, 6.07) is 8.02. The number of guanidine groups is 1. The van der Waals surface area contributed by atoms with Crippen molar-refractivity contribution in [3.05, 3.63) is 34.9 Å². The van der Waals surface area contributed by atoms with Crippen LogP contribution in [0.5, 0.6) is 0 Å². The van der Waals surface area contributed by atoms with E-state index < -0.39 is 0 Å². The minimum Gasteiger partial charge on any atom is -0.382 e. The Balaban J connectivity index is 0.00000242. The average Bonchev–Trinajstić information content (AvgIpc) is 3.26. The van der Waals surface area contributed by atoms with Crippen molar-refractivity contribution in [3.63, 3.8) is 0 Å². The number of hydrogen-bond donors (Lipinski definition) is 2. The van der Waals surface area contributed by atoms with Crippen LogP contribution in [-0.2, 0) is 10.2 Å². The zero-order valence-corrected chi connectivity index (χ0v) is 16.1. The van der Waals surface area contributed by atoms with Crippen LogP contribution in [0, 0.1) is 0 Å². The van der Waals surface area contributed by atoms with Gasteiger partial charge in [0, 0.05) is 30.2 Å². The highest BCUT2D eigenvalue weighted by Gasteiger charge is 2.45. The molecular formula is C16H25ClIN3O. The number of halogens is 2. The number of ether oxygens (including phenoxy) is 1. The maximum absolute atomic E-state index is 6.29. The number of benzene rings is 1. The molecule has 0 heterocycles. The van der Waals surface area contributed by atoms with Crippen molar-refractivity contribution in [2.24, 2.45) is 10.7 Å². The summed E-state index contributed by atoms with van der Waals surface area (Å²) >= 11 is 6.29. The standard InChI is InChI=1S/C16H24ClN3O.HI/c1-2-21-11-5-10-19-15(18)20-12-16(8-9-16)13-6-3-4-7-14(13)17;/h3-4,6-7H,2,5,8-12H2,1H3,(H3,18,19,20);1H. The molecule has 4 nitrogen and oxygen atoms in total. The molecule has 3 N–H and O–H groups in total. The fraction of sp³-hybridized carbons (Fsp3) is 0.562. The van der Waals surface area contributed by atoms with Gasteiger partial charge in [-0.15, -0.1) is 24.0 Å². The summed E-state index contributed by atoms with van der Waals surface area (Å²) in [5, 5.41) is 3.95. The lowest BCUT2D eigenvalue weighted by molar-refractivity contribution is 0.145. The molecule has 124 valence electrons. The number of nitrogens with two attached hydrogens (primary N) is 1. The highest BCUT2D eigenvalue weighted by Crippen LogP contribution is 2.50. The summed E-state index contributed by atoms with van der Waals surface area (Å²) < 4.78 is 5.28. The van der Waals surface area contributed by atoms with E-state index >= 15 is 0 Å². The third kappa shape index (κ3) is 5.59. The van der Waals surface area contributed by atoms with Crippen molar-refractivity contribution >= 4 is 41.5 Å². The van der Waals surface area contributed by atoms with Crippen LogP contribution < -0.4 is 11.1 Å². The molecule has 0 amide bonds. The van der Waals surface area contributed by atoms with Crippen LogP contribution in [0.25, 0.3) is 0 Å². The van der Waals surface area contributed by atoms with Gasteiger partial charge in [-0.3, -0.25) is 4.99 Å². The molecule has 0 bridgehead atoms. The van der Waals surface area contributed by atoms with Gasteiger partial charge >= 0.3 is 0 Å². The summed E-state index contributed by atoms with van der Waals surface area (Å²) in [4.78, 5) is 4.48. The maximum atomic E-state index is 6.29. The topological polar surface area (TPSA) is 59.6 Å². The van der Waals surface area contributed by atoms with Crippen molar-refractivity contribution in [2.75, 3.05) is 26.3 Å². The molecule has 2 rings (SSSR count). The Bertz CT molecular complexity index is 492. The molecule has 6 heteroatoms. The van der Waals surface area contributed by atoms with Crippen LogP contribution in [0.1, 0.15) is 31.7 Å². The van der Waals surface area contributed by atoms with Gasteiger partial charge in [0.15, 0.2) is 5.96 Å². The van der Waals surface area contributed by atoms with Crippen molar-refractivity contribution in [2.45, 2.75) is 31.6 Å².